The maximum Gasteiger partial charge on any atom is 0.123 e. The number of aromatic nitrogens is 2. The van der Waals surface area contributed by atoms with Crippen LogP contribution < -0.4 is 0 Å². The fourth-order valence-corrected chi connectivity index (χ4v) is 3.45. The van der Waals surface area contributed by atoms with Crippen LogP contribution in [-0.4, -0.2) is 14.9 Å². The van der Waals surface area contributed by atoms with Gasteiger partial charge in [-0.2, -0.15) is 5.10 Å². The van der Waals surface area contributed by atoms with Crippen molar-refractivity contribution >= 4 is 15.9 Å². The van der Waals surface area contributed by atoms with Crippen molar-refractivity contribution in [3.8, 4) is 0 Å². The molecule has 1 N–H and O–H groups in total. The highest BCUT2D eigenvalue weighted by Crippen LogP contribution is 2.30. The van der Waals surface area contributed by atoms with Gasteiger partial charge in [-0.1, -0.05) is 28.8 Å². The van der Waals surface area contributed by atoms with E-state index < -0.39 is 6.10 Å². The van der Waals surface area contributed by atoms with Crippen LogP contribution in [0.5, 0.6) is 0 Å². The smallest absolute Gasteiger partial charge is 0.123 e. The summed E-state index contributed by atoms with van der Waals surface area (Å²) >= 11 is 3.35. The lowest BCUT2D eigenvalue weighted by molar-refractivity contribution is 0.175. The molecular weight excluding hydrogens is 335 g/mol. The molecule has 1 atom stereocenters. The maximum atomic E-state index is 13.3. The molecule has 1 heterocycles. The monoisotopic (exact) mass is 352 g/mol. The summed E-state index contributed by atoms with van der Waals surface area (Å²) in [5, 5.41) is 14.9. The van der Waals surface area contributed by atoms with E-state index in [2.05, 4.69) is 21.0 Å². The lowest BCUT2D eigenvalue weighted by Gasteiger charge is -2.12. The Hall–Kier alpha value is -1.20. The van der Waals surface area contributed by atoms with E-state index >= 15 is 0 Å². The third kappa shape index (κ3) is 3.35. The summed E-state index contributed by atoms with van der Waals surface area (Å²) in [7, 11) is 0. The number of aliphatic hydroxyl groups excluding tert-OH is 1. The fraction of sp³-hybridized carbons (Fsp3) is 0.438. The van der Waals surface area contributed by atoms with Crippen LogP contribution in [0.15, 0.2) is 34.9 Å². The lowest BCUT2D eigenvalue weighted by atomic mass is 10.1. The van der Waals surface area contributed by atoms with Crippen molar-refractivity contribution < 1.29 is 9.50 Å². The predicted octanol–water partition coefficient (Wildman–Crippen LogP) is 4.18. The number of hydrogen-bond acceptors (Lipinski definition) is 2. The molecule has 21 heavy (non-hydrogen) atoms. The van der Waals surface area contributed by atoms with E-state index in [0.717, 1.165) is 5.69 Å². The van der Waals surface area contributed by atoms with E-state index in [1.165, 1.54) is 37.8 Å². The molecule has 112 valence electrons. The summed E-state index contributed by atoms with van der Waals surface area (Å²) in [6.07, 6.45) is 6.50. The Balaban J connectivity index is 1.72. The first-order valence-corrected chi connectivity index (χ1v) is 8.10. The van der Waals surface area contributed by atoms with Gasteiger partial charge in [0.15, 0.2) is 0 Å². The molecule has 1 aliphatic carbocycles. The van der Waals surface area contributed by atoms with E-state index in [9.17, 15) is 9.50 Å². The Bertz CT molecular complexity index is 622. The summed E-state index contributed by atoms with van der Waals surface area (Å²) in [6.45, 7) is 0. The van der Waals surface area contributed by atoms with E-state index in [1.54, 1.807) is 6.07 Å². The van der Waals surface area contributed by atoms with Crippen LogP contribution in [0.25, 0.3) is 0 Å². The minimum Gasteiger partial charge on any atom is -0.388 e. The average Bonchev–Trinajstić information content (AvgIpc) is 3.11. The highest BCUT2D eigenvalue weighted by Gasteiger charge is 2.19. The molecule has 1 unspecified atom stereocenters. The first-order chi connectivity index (χ1) is 10.1. The molecule has 5 heteroatoms. The zero-order valence-electron chi connectivity index (χ0n) is 11.7. The van der Waals surface area contributed by atoms with Crippen molar-refractivity contribution in [1.82, 2.24) is 9.78 Å². The molecule has 0 spiro atoms. The Kier molecular flexibility index (Phi) is 4.40. The standard InChI is InChI=1S/C16H18BrFN2O/c17-15-6-5-11(18)9-14(15)16(21)10-12-7-8-20(19-12)13-3-1-2-4-13/h5-9,13,16,21H,1-4,10H2. The first-order valence-electron chi connectivity index (χ1n) is 7.30. The molecule has 0 amide bonds. The second-order valence-electron chi connectivity index (χ2n) is 5.61. The third-order valence-corrected chi connectivity index (χ3v) is 4.80. The molecule has 1 saturated carbocycles. The minimum atomic E-state index is -0.762. The Morgan fingerprint density at radius 3 is 2.86 bits per heavy atom. The molecule has 3 nitrogen and oxygen atoms in total. The summed E-state index contributed by atoms with van der Waals surface area (Å²) in [5.74, 6) is -0.344. The van der Waals surface area contributed by atoms with E-state index in [1.807, 2.05) is 16.9 Å². The van der Waals surface area contributed by atoms with Gasteiger partial charge in [-0.3, -0.25) is 4.68 Å². The van der Waals surface area contributed by atoms with Crippen molar-refractivity contribution in [2.75, 3.05) is 0 Å². The number of benzene rings is 1. The van der Waals surface area contributed by atoms with E-state index in [4.69, 9.17) is 0 Å². The minimum absolute atomic E-state index is 0.344. The van der Waals surface area contributed by atoms with Gasteiger partial charge in [-0.15, -0.1) is 0 Å². The summed E-state index contributed by atoms with van der Waals surface area (Å²) in [5.41, 5.74) is 1.40. The number of hydrogen-bond donors (Lipinski definition) is 1. The van der Waals surface area contributed by atoms with Crippen LogP contribution in [0.3, 0.4) is 0 Å². The van der Waals surface area contributed by atoms with Crippen molar-refractivity contribution in [2.24, 2.45) is 0 Å². The normalized spacial score (nSPS) is 17.3. The van der Waals surface area contributed by atoms with Crippen molar-refractivity contribution in [3.05, 3.63) is 52.0 Å². The van der Waals surface area contributed by atoms with Crippen LogP contribution in [0.2, 0.25) is 0 Å². The van der Waals surface area contributed by atoms with Gasteiger partial charge >= 0.3 is 0 Å². The molecule has 1 fully saturated rings. The maximum absolute atomic E-state index is 13.3. The lowest BCUT2D eigenvalue weighted by Crippen LogP contribution is -2.08. The molecule has 2 aromatic rings. The van der Waals surface area contributed by atoms with Crippen molar-refractivity contribution in [1.29, 1.82) is 0 Å². The van der Waals surface area contributed by atoms with Crippen LogP contribution in [-0.2, 0) is 6.42 Å². The molecule has 0 aliphatic heterocycles. The van der Waals surface area contributed by atoms with Crippen LogP contribution in [0.4, 0.5) is 4.39 Å². The van der Waals surface area contributed by atoms with Crippen LogP contribution >= 0.6 is 15.9 Å². The molecule has 1 aromatic heterocycles. The second-order valence-corrected chi connectivity index (χ2v) is 6.47. The topological polar surface area (TPSA) is 38.0 Å². The van der Waals surface area contributed by atoms with Gasteiger partial charge in [0.2, 0.25) is 0 Å². The molecular formula is C16H18BrFN2O. The molecule has 1 aromatic carbocycles. The van der Waals surface area contributed by atoms with E-state index in [-0.39, 0.29) is 5.82 Å². The number of aliphatic hydroxyl groups is 1. The number of nitrogens with zero attached hydrogens (tertiary/aromatic N) is 2. The van der Waals surface area contributed by atoms with Gasteiger partial charge in [0, 0.05) is 17.1 Å². The van der Waals surface area contributed by atoms with Gasteiger partial charge in [0.25, 0.3) is 0 Å². The molecule has 0 radical (unpaired) electrons. The number of halogens is 2. The molecule has 1 aliphatic rings. The second kappa shape index (κ2) is 6.28. The van der Waals surface area contributed by atoms with Gasteiger partial charge in [0.1, 0.15) is 5.82 Å². The molecule has 3 rings (SSSR count). The SMILES string of the molecule is OC(Cc1ccn(C2CCCC2)n1)c1cc(F)ccc1Br. The van der Waals surface area contributed by atoms with Gasteiger partial charge in [0.05, 0.1) is 17.8 Å². The van der Waals surface area contributed by atoms with E-state index in [0.29, 0.717) is 22.5 Å². The van der Waals surface area contributed by atoms with Gasteiger partial charge in [-0.05, 0) is 42.7 Å². The Morgan fingerprint density at radius 2 is 2.10 bits per heavy atom. The zero-order valence-corrected chi connectivity index (χ0v) is 13.3. The summed E-state index contributed by atoms with van der Waals surface area (Å²) < 4.78 is 16.0. The van der Waals surface area contributed by atoms with Gasteiger partial charge < -0.3 is 5.11 Å². The average molecular weight is 353 g/mol. The molecule has 0 saturated heterocycles. The fourth-order valence-electron chi connectivity index (χ4n) is 2.94. The first kappa shape index (κ1) is 14.7. The Morgan fingerprint density at radius 1 is 1.33 bits per heavy atom. The van der Waals surface area contributed by atoms with Crippen LogP contribution in [0.1, 0.15) is 49.1 Å². The Labute approximate surface area is 131 Å². The zero-order chi connectivity index (χ0) is 14.8. The highest BCUT2D eigenvalue weighted by atomic mass is 79.9. The van der Waals surface area contributed by atoms with Crippen LogP contribution in [0, 0.1) is 5.82 Å². The third-order valence-electron chi connectivity index (χ3n) is 4.08. The van der Waals surface area contributed by atoms with Crippen molar-refractivity contribution in [3.63, 3.8) is 0 Å². The molecule has 0 bridgehead atoms. The summed E-state index contributed by atoms with van der Waals surface area (Å²) in [4.78, 5) is 0. The summed E-state index contributed by atoms with van der Waals surface area (Å²) in [6, 6.07) is 6.79. The highest BCUT2D eigenvalue weighted by molar-refractivity contribution is 9.10. The quantitative estimate of drug-likeness (QED) is 0.896. The van der Waals surface area contributed by atoms with Gasteiger partial charge in [-0.25, -0.2) is 4.39 Å². The predicted molar refractivity (Wildman–Crippen MR) is 82.5 cm³/mol. The largest absolute Gasteiger partial charge is 0.388 e. The van der Waals surface area contributed by atoms with Crippen molar-refractivity contribution in [2.45, 2.75) is 44.2 Å². The number of rotatable bonds is 4.